The van der Waals surface area contributed by atoms with E-state index in [1.54, 1.807) is 6.07 Å². The molecule has 2 rings (SSSR count). The zero-order valence-electron chi connectivity index (χ0n) is 8.33. The van der Waals surface area contributed by atoms with Crippen molar-refractivity contribution < 1.29 is 8.42 Å². The van der Waals surface area contributed by atoms with Gasteiger partial charge >= 0.3 is 0 Å². The van der Waals surface area contributed by atoms with E-state index in [1.165, 1.54) is 0 Å². The van der Waals surface area contributed by atoms with Crippen LogP contribution >= 0.6 is 15.9 Å². The van der Waals surface area contributed by atoms with Crippen LogP contribution in [-0.4, -0.2) is 13.7 Å². The molecule has 0 bridgehead atoms. The largest absolute Gasteiger partial charge is 0.283 e. The first-order valence-corrected chi connectivity index (χ1v) is 7.11. The minimum atomic E-state index is -3.14. The highest BCUT2D eigenvalue weighted by molar-refractivity contribution is 9.10. The zero-order chi connectivity index (χ0) is 11.1. The lowest BCUT2D eigenvalue weighted by Gasteiger charge is -2.09. The van der Waals surface area contributed by atoms with Crippen LogP contribution in [0.25, 0.3) is 0 Å². The number of halogens is 1. The van der Waals surface area contributed by atoms with E-state index in [1.807, 2.05) is 19.1 Å². The SMILES string of the molecule is Cc1cc(Br)ccc1NS(=O)(=O)C1CC1. The number of hydrogen-bond donors (Lipinski definition) is 1. The van der Waals surface area contributed by atoms with Gasteiger partial charge in [0, 0.05) is 4.47 Å². The number of benzene rings is 1. The van der Waals surface area contributed by atoms with Crippen LogP contribution in [-0.2, 0) is 10.0 Å². The zero-order valence-corrected chi connectivity index (χ0v) is 10.7. The first-order chi connectivity index (χ1) is 6.99. The maximum Gasteiger partial charge on any atom is 0.235 e. The Morgan fingerprint density at radius 1 is 1.40 bits per heavy atom. The van der Waals surface area contributed by atoms with Gasteiger partial charge in [-0.25, -0.2) is 8.42 Å². The highest BCUT2D eigenvalue weighted by Crippen LogP contribution is 2.30. The molecule has 1 fully saturated rings. The van der Waals surface area contributed by atoms with Crippen molar-refractivity contribution in [3.8, 4) is 0 Å². The molecule has 82 valence electrons. The quantitative estimate of drug-likeness (QED) is 0.930. The lowest BCUT2D eigenvalue weighted by atomic mass is 10.2. The van der Waals surface area contributed by atoms with Crippen LogP contribution in [0.4, 0.5) is 5.69 Å². The monoisotopic (exact) mass is 289 g/mol. The smallest absolute Gasteiger partial charge is 0.235 e. The van der Waals surface area contributed by atoms with Gasteiger partial charge in [0.2, 0.25) is 10.0 Å². The second kappa shape index (κ2) is 3.79. The van der Waals surface area contributed by atoms with E-state index in [9.17, 15) is 8.42 Å². The van der Waals surface area contributed by atoms with Crippen molar-refractivity contribution in [3.63, 3.8) is 0 Å². The van der Waals surface area contributed by atoms with Crippen molar-refractivity contribution >= 4 is 31.6 Å². The van der Waals surface area contributed by atoms with Gasteiger partial charge in [0.25, 0.3) is 0 Å². The molecule has 0 spiro atoms. The number of rotatable bonds is 3. The van der Waals surface area contributed by atoms with Crippen LogP contribution < -0.4 is 4.72 Å². The van der Waals surface area contributed by atoms with E-state index in [-0.39, 0.29) is 5.25 Å². The fourth-order valence-electron chi connectivity index (χ4n) is 1.36. The Morgan fingerprint density at radius 3 is 2.60 bits per heavy atom. The Bertz CT molecular complexity index is 480. The summed E-state index contributed by atoms with van der Waals surface area (Å²) in [7, 11) is -3.14. The first-order valence-electron chi connectivity index (χ1n) is 4.77. The molecule has 5 heteroatoms. The van der Waals surface area contributed by atoms with E-state index < -0.39 is 10.0 Å². The van der Waals surface area contributed by atoms with Crippen LogP contribution in [0.3, 0.4) is 0 Å². The highest BCUT2D eigenvalue weighted by Gasteiger charge is 2.35. The van der Waals surface area contributed by atoms with Crippen molar-refractivity contribution in [3.05, 3.63) is 28.2 Å². The Hall–Kier alpha value is -0.550. The highest BCUT2D eigenvalue weighted by atomic mass is 79.9. The molecule has 0 atom stereocenters. The third-order valence-corrected chi connectivity index (χ3v) is 4.75. The topological polar surface area (TPSA) is 46.2 Å². The van der Waals surface area contributed by atoms with E-state index in [0.717, 1.165) is 22.9 Å². The van der Waals surface area contributed by atoms with Crippen molar-refractivity contribution in [2.45, 2.75) is 25.0 Å². The Labute approximate surface area is 98.1 Å². The third kappa shape index (κ3) is 2.52. The number of aryl methyl sites for hydroxylation is 1. The Morgan fingerprint density at radius 2 is 2.07 bits per heavy atom. The fraction of sp³-hybridized carbons (Fsp3) is 0.400. The normalized spacial score (nSPS) is 16.4. The molecule has 15 heavy (non-hydrogen) atoms. The summed E-state index contributed by atoms with van der Waals surface area (Å²) in [5.41, 5.74) is 1.60. The van der Waals surface area contributed by atoms with Gasteiger partial charge in [-0.1, -0.05) is 15.9 Å². The van der Waals surface area contributed by atoms with E-state index in [2.05, 4.69) is 20.7 Å². The van der Waals surface area contributed by atoms with Gasteiger partial charge in [-0.15, -0.1) is 0 Å². The molecule has 1 saturated carbocycles. The van der Waals surface area contributed by atoms with Gasteiger partial charge in [0.05, 0.1) is 10.9 Å². The second-order valence-corrected chi connectivity index (χ2v) is 6.68. The minimum Gasteiger partial charge on any atom is -0.283 e. The Balaban J connectivity index is 2.24. The number of nitrogens with one attached hydrogen (secondary N) is 1. The molecule has 3 nitrogen and oxygen atoms in total. The number of hydrogen-bond acceptors (Lipinski definition) is 2. The van der Waals surface area contributed by atoms with Gasteiger partial charge in [0.15, 0.2) is 0 Å². The van der Waals surface area contributed by atoms with Crippen molar-refractivity contribution in [2.75, 3.05) is 4.72 Å². The summed E-state index contributed by atoms with van der Waals surface area (Å²) < 4.78 is 26.9. The van der Waals surface area contributed by atoms with Crippen LogP contribution in [0.2, 0.25) is 0 Å². The number of sulfonamides is 1. The fourth-order valence-corrected chi connectivity index (χ4v) is 3.29. The summed E-state index contributed by atoms with van der Waals surface area (Å²) in [4.78, 5) is 0. The molecule has 0 saturated heterocycles. The summed E-state index contributed by atoms with van der Waals surface area (Å²) in [5.74, 6) is 0. The molecule has 1 aliphatic carbocycles. The molecule has 1 aromatic carbocycles. The van der Waals surface area contributed by atoms with Gasteiger partial charge < -0.3 is 0 Å². The Kier molecular flexibility index (Phi) is 2.77. The summed E-state index contributed by atoms with van der Waals surface area (Å²) >= 11 is 3.34. The summed E-state index contributed by atoms with van der Waals surface area (Å²) in [5, 5.41) is -0.180. The van der Waals surface area contributed by atoms with Crippen LogP contribution in [0, 0.1) is 6.92 Å². The van der Waals surface area contributed by atoms with Gasteiger partial charge in [-0.2, -0.15) is 0 Å². The molecule has 1 N–H and O–H groups in total. The summed E-state index contributed by atoms with van der Waals surface area (Å²) in [6.45, 7) is 1.88. The van der Waals surface area contributed by atoms with Crippen LogP contribution in [0.15, 0.2) is 22.7 Å². The van der Waals surface area contributed by atoms with E-state index >= 15 is 0 Å². The van der Waals surface area contributed by atoms with Crippen LogP contribution in [0.1, 0.15) is 18.4 Å². The van der Waals surface area contributed by atoms with Gasteiger partial charge in [0.1, 0.15) is 0 Å². The van der Waals surface area contributed by atoms with Crippen molar-refractivity contribution in [1.82, 2.24) is 0 Å². The van der Waals surface area contributed by atoms with E-state index in [4.69, 9.17) is 0 Å². The third-order valence-electron chi connectivity index (χ3n) is 2.40. The molecule has 0 radical (unpaired) electrons. The molecule has 0 aromatic heterocycles. The minimum absolute atomic E-state index is 0.180. The van der Waals surface area contributed by atoms with E-state index in [0.29, 0.717) is 5.69 Å². The maximum atomic E-state index is 11.7. The molecule has 1 aromatic rings. The lowest BCUT2D eigenvalue weighted by Crippen LogP contribution is -2.17. The molecular weight excluding hydrogens is 278 g/mol. The van der Waals surface area contributed by atoms with Crippen molar-refractivity contribution in [1.29, 1.82) is 0 Å². The van der Waals surface area contributed by atoms with Crippen LogP contribution in [0.5, 0.6) is 0 Å². The standard InChI is InChI=1S/C10H12BrNO2S/c1-7-6-8(11)2-5-10(7)12-15(13,14)9-3-4-9/h2,5-6,9,12H,3-4H2,1H3. The van der Waals surface area contributed by atoms with Gasteiger partial charge in [-0.3, -0.25) is 4.72 Å². The maximum absolute atomic E-state index is 11.7. The summed E-state index contributed by atoms with van der Waals surface area (Å²) in [6, 6.07) is 5.50. The molecular formula is C10H12BrNO2S. The molecule has 0 amide bonds. The molecule has 1 aliphatic rings. The lowest BCUT2D eigenvalue weighted by molar-refractivity contribution is 0.600. The summed E-state index contributed by atoms with van der Waals surface area (Å²) in [6.07, 6.45) is 1.57. The van der Waals surface area contributed by atoms with Gasteiger partial charge in [-0.05, 0) is 43.5 Å². The second-order valence-electron chi connectivity index (χ2n) is 3.81. The van der Waals surface area contributed by atoms with Crippen molar-refractivity contribution in [2.24, 2.45) is 0 Å². The molecule has 0 unspecified atom stereocenters. The molecule has 0 heterocycles. The number of anilines is 1. The first kappa shape index (κ1) is 11.0. The predicted octanol–water partition coefficient (Wildman–Crippen LogP) is 2.66. The average Bonchev–Trinajstić information content (AvgIpc) is 2.92. The predicted molar refractivity (Wildman–Crippen MR) is 64.4 cm³/mol. The molecule has 0 aliphatic heterocycles. The average molecular weight is 290 g/mol.